The fraction of sp³-hybridized carbons (Fsp3) is 0.176. The Kier molecular flexibility index (Phi) is 3.61. The Bertz CT molecular complexity index is 923. The molecular weight excluding hydrogens is 340 g/mol. The molecule has 8 heteroatoms. The molecule has 1 aromatic carbocycles. The molecule has 0 radical (unpaired) electrons. The minimum atomic E-state index is -1.10. The molecule has 1 aliphatic rings. The molecular formula is C17H14N4O3S. The SMILES string of the molecule is CC1(c2ccccc2)NC(=O)N(Cc2nc(-c3cccs3)no2)C1=O. The third-order valence-corrected chi connectivity index (χ3v) is 4.99. The number of carbonyl (C=O) groups excluding carboxylic acids is 2. The topological polar surface area (TPSA) is 88.3 Å². The number of urea groups is 1. The van der Waals surface area contributed by atoms with Crippen molar-refractivity contribution in [2.45, 2.75) is 19.0 Å². The van der Waals surface area contributed by atoms with Gasteiger partial charge in [0.1, 0.15) is 12.1 Å². The van der Waals surface area contributed by atoms with Crippen molar-refractivity contribution in [3.63, 3.8) is 0 Å². The number of imide groups is 1. The van der Waals surface area contributed by atoms with Gasteiger partial charge < -0.3 is 9.84 Å². The molecule has 1 N–H and O–H groups in total. The number of hydrogen-bond acceptors (Lipinski definition) is 6. The van der Waals surface area contributed by atoms with Crippen molar-refractivity contribution >= 4 is 23.3 Å². The molecule has 2 aromatic heterocycles. The fourth-order valence-electron chi connectivity index (χ4n) is 2.77. The number of hydrogen-bond donors (Lipinski definition) is 1. The van der Waals surface area contributed by atoms with Crippen LogP contribution in [0.5, 0.6) is 0 Å². The number of thiophene rings is 1. The summed E-state index contributed by atoms with van der Waals surface area (Å²) in [5.74, 6) is 0.312. The van der Waals surface area contributed by atoms with Gasteiger partial charge in [0, 0.05) is 0 Å². The molecule has 3 amide bonds. The van der Waals surface area contributed by atoms with Gasteiger partial charge in [-0.05, 0) is 23.9 Å². The van der Waals surface area contributed by atoms with Crippen molar-refractivity contribution in [1.82, 2.24) is 20.4 Å². The lowest BCUT2D eigenvalue weighted by Gasteiger charge is -2.21. The molecule has 126 valence electrons. The van der Waals surface area contributed by atoms with E-state index in [-0.39, 0.29) is 18.3 Å². The third kappa shape index (κ3) is 2.60. The van der Waals surface area contributed by atoms with Gasteiger partial charge in [0.05, 0.1) is 4.88 Å². The molecule has 3 heterocycles. The number of benzene rings is 1. The summed E-state index contributed by atoms with van der Waals surface area (Å²) in [6, 6.07) is 12.4. The minimum Gasteiger partial charge on any atom is -0.337 e. The maximum absolute atomic E-state index is 12.8. The van der Waals surface area contributed by atoms with E-state index >= 15 is 0 Å². The number of nitrogens with one attached hydrogen (secondary N) is 1. The summed E-state index contributed by atoms with van der Waals surface area (Å²) in [5.41, 5.74) is -0.379. The van der Waals surface area contributed by atoms with E-state index in [1.807, 2.05) is 47.8 Å². The molecule has 1 unspecified atom stereocenters. The summed E-state index contributed by atoms with van der Waals surface area (Å²) in [5, 5.41) is 8.56. The van der Waals surface area contributed by atoms with Gasteiger partial charge in [0.15, 0.2) is 0 Å². The van der Waals surface area contributed by atoms with Crippen molar-refractivity contribution < 1.29 is 14.1 Å². The first kappa shape index (κ1) is 15.5. The zero-order valence-corrected chi connectivity index (χ0v) is 14.1. The highest BCUT2D eigenvalue weighted by molar-refractivity contribution is 7.13. The predicted molar refractivity (Wildman–Crippen MR) is 90.5 cm³/mol. The van der Waals surface area contributed by atoms with Crippen LogP contribution in [0.2, 0.25) is 0 Å². The van der Waals surface area contributed by atoms with Crippen LogP contribution in [0.3, 0.4) is 0 Å². The first-order chi connectivity index (χ1) is 12.1. The molecule has 1 saturated heterocycles. The molecule has 4 rings (SSSR count). The third-order valence-electron chi connectivity index (χ3n) is 4.13. The molecule has 3 aromatic rings. The Morgan fingerprint density at radius 2 is 2.00 bits per heavy atom. The quantitative estimate of drug-likeness (QED) is 0.728. The Balaban J connectivity index is 1.57. The number of carbonyl (C=O) groups is 2. The van der Waals surface area contributed by atoms with Crippen molar-refractivity contribution in [1.29, 1.82) is 0 Å². The predicted octanol–water partition coefficient (Wildman–Crippen LogP) is 2.77. The minimum absolute atomic E-state index is 0.0640. The average Bonchev–Trinajstić information content (AvgIpc) is 3.34. The molecule has 1 aliphatic heterocycles. The lowest BCUT2D eigenvalue weighted by molar-refractivity contribution is -0.131. The second kappa shape index (κ2) is 5.82. The number of aromatic nitrogens is 2. The van der Waals surface area contributed by atoms with Gasteiger partial charge in [0.2, 0.25) is 11.7 Å². The van der Waals surface area contributed by atoms with Gasteiger partial charge >= 0.3 is 6.03 Å². The van der Waals surface area contributed by atoms with Crippen LogP contribution in [0.4, 0.5) is 4.79 Å². The first-order valence-electron chi connectivity index (χ1n) is 7.64. The van der Waals surface area contributed by atoms with Crippen LogP contribution < -0.4 is 5.32 Å². The molecule has 7 nitrogen and oxygen atoms in total. The van der Waals surface area contributed by atoms with Gasteiger partial charge in [-0.3, -0.25) is 9.69 Å². The Labute approximate surface area is 147 Å². The van der Waals surface area contributed by atoms with E-state index in [2.05, 4.69) is 15.5 Å². The number of amides is 3. The standard InChI is InChI=1S/C17H14N4O3S/c1-17(11-6-3-2-4-7-11)15(22)21(16(23)19-17)10-13-18-14(20-24-13)12-8-5-9-25-12/h2-9H,10H2,1H3,(H,19,23). The van der Waals surface area contributed by atoms with Crippen molar-refractivity contribution in [3.05, 3.63) is 59.3 Å². The lowest BCUT2D eigenvalue weighted by atomic mass is 9.92. The second-order valence-electron chi connectivity index (χ2n) is 5.80. The zero-order chi connectivity index (χ0) is 17.4. The van der Waals surface area contributed by atoms with E-state index in [9.17, 15) is 9.59 Å². The summed E-state index contributed by atoms with van der Waals surface area (Å²) in [6.07, 6.45) is 0. The summed E-state index contributed by atoms with van der Waals surface area (Å²) in [4.78, 5) is 31.4. The molecule has 0 aliphatic carbocycles. The largest absolute Gasteiger partial charge is 0.337 e. The van der Waals surface area contributed by atoms with Crippen LogP contribution in [-0.2, 0) is 16.9 Å². The van der Waals surface area contributed by atoms with Crippen molar-refractivity contribution in [2.24, 2.45) is 0 Å². The number of rotatable bonds is 4. The van der Waals surface area contributed by atoms with E-state index in [1.54, 1.807) is 6.92 Å². The van der Waals surface area contributed by atoms with E-state index in [0.717, 1.165) is 15.3 Å². The smallest absolute Gasteiger partial charge is 0.325 e. The van der Waals surface area contributed by atoms with Gasteiger partial charge in [-0.15, -0.1) is 11.3 Å². The van der Waals surface area contributed by atoms with Gasteiger partial charge in [-0.1, -0.05) is 41.6 Å². The first-order valence-corrected chi connectivity index (χ1v) is 8.52. The molecule has 0 saturated carbocycles. The van der Waals surface area contributed by atoms with Crippen LogP contribution in [0.15, 0.2) is 52.4 Å². The monoisotopic (exact) mass is 354 g/mol. The van der Waals surface area contributed by atoms with Gasteiger partial charge in [-0.2, -0.15) is 4.98 Å². The zero-order valence-electron chi connectivity index (χ0n) is 13.3. The maximum Gasteiger partial charge on any atom is 0.325 e. The molecule has 0 spiro atoms. The van der Waals surface area contributed by atoms with E-state index in [1.165, 1.54) is 11.3 Å². The van der Waals surface area contributed by atoms with E-state index in [4.69, 9.17) is 4.52 Å². The molecule has 1 fully saturated rings. The fourth-order valence-corrected chi connectivity index (χ4v) is 3.42. The molecule has 1 atom stereocenters. The molecule has 0 bridgehead atoms. The number of nitrogens with zero attached hydrogens (tertiary/aromatic N) is 3. The summed E-state index contributed by atoms with van der Waals surface area (Å²) >= 11 is 1.49. The maximum atomic E-state index is 12.8. The normalized spacial score (nSPS) is 20.1. The van der Waals surface area contributed by atoms with E-state index in [0.29, 0.717) is 5.82 Å². The highest BCUT2D eigenvalue weighted by Gasteiger charge is 2.49. The second-order valence-corrected chi connectivity index (χ2v) is 6.75. The molecule has 25 heavy (non-hydrogen) atoms. The van der Waals surface area contributed by atoms with Crippen LogP contribution in [0, 0.1) is 0 Å². The van der Waals surface area contributed by atoms with Crippen LogP contribution in [0.1, 0.15) is 18.4 Å². The van der Waals surface area contributed by atoms with Gasteiger partial charge in [-0.25, -0.2) is 4.79 Å². The lowest BCUT2D eigenvalue weighted by Crippen LogP contribution is -2.40. The van der Waals surface area contributed by atoms with E-state index < -0.39 is 11.6 Å². The summed E-state index contributed by atoms with van der Waals surface area (Å²) in [7, 11) is 0. The van der Waals surface area contributed by atoms with Crippen LogP contribution >= 0.6 is 11.3 Å². The summed E-state index contributed by atoms with van der Waals surface area (Å²) < 4.78 is 5.19. The Morgan fingerprint density at radius 1 is 1.20 bits per heavy atom. The van der Waals surface area contributed by atoms with Crippen LogP contribution in [0.25, 0.3) is 10.7 Å². The van der Waals surface area contributed by atoms with Crippen molar-refractivity contribution in [2.75, 3.05) is 0 Å². The Hall–Kier alpha value is -3.00. The Morgan fingerprint density at radius 3 is 2.72 bits per heavy atom. The highest BCUT2D eigenvalue weighted by atomic mass is 32.1. The highest BCUT2D eigenvalue weighted by Crippen LogP contribution is 2.30. The van der Waals surface area contributed by atoms with Crippen LogP contribution in [-0.4, -0.2) is 27.0 Å². The summed E-state index contributed by atoms with van der Waals surface area (Å²) in [6.45, 7) is 1.62. The van der Waals surface area contributed by atoms with Crippen molar-refractivity contribution in [3.8, 4) is 10.7 Å². The van der Waals surface area contributed by atoms with Gasteiger partial charge in [0.25, 0.3) is 5.91 Å². The average molecular weight is 354 g/mol.